The van der Waals surface area contributed by atoms with E-state index in [0.29, 0.717) is 6.42 Å². The lowest BCUT2D eigenvalue weighted by molar-refractivity contribution is -0.137. The molecule has 112 valence electrons. The first-order chi connectivity index (χ1) is 9.27. The molecule has 0 heterocycles. The first-order valence-corrected chi connectivity index (χ1v) is 8.14. The van der Waals surface area contributed by atoms with Gasteiger partial charge in [-0.2, -0.15) is 0 Å². The van der Waals surface area contributed by atoms with Gasteiger partial charge in [0.25, 0.3) is 0 Å². The topological polar surface area (TPSA) is 37.3 Å². The van der Waals surface area contributed by atoms with Crippen molar-refractivity contribution in [1.82, 2.24) is 0 Å². The van der Waals surface area contributed by atoms with Crippen LogP contribution in [0.4, 0.5) is 0 Å². The summed E-state index contributed by atoms with van der Waals surface area (Å²) in [5.41, 5.74) is 0. The summed E-state index contributed by atoms with van der Waals surface area (Å²) < 4.78 is 0. The summed E-state index contributed by atoms with van der Waals surface area (Å²) in [6, 6.07) is 0. The molecule has 0 spiro atoms. The van der Waals surface area contributed by atoms with E-state index in [1.807, 2.05) is 0 Å². The minimum Gasteiger partial charge on any atom is -0.481 e. The van der Waals surface area contributed by atoms with Crippen LogP contribution in [-0.2, 0) is 4.79 Å². The molecule has 0 unspecified atom stereocenters. The summed E-state index contributed by atoms with van der Waals surface area (Å²) >= 11 is 0. The van der Waals surface area contributed by atoms with E-state index in [4.69, 9.17) is 5.11 Å². The zero-order valence-corrected chi connectivity index (χ0v) is 12.7. The number of carbonyl (C=O) groups is 1. The smallest absolute Gasteiger partial charge is 0.303 e. The molecule has 0 radical (unpaired) electrons. The van der Waals surface area contributed by atoms with Gasteiger partial charge in [0.15, 0.2) is 0 Å². The van der Waals surface area contributed by atoms with Gasteiger partial charge >= 0.3 is 5.97 Å². The maximum atomic E-state index is 10.3. The second-order valence-corrected chi connectivity index (χ2v) is 5.35. The number of rotatable bonds is 14. The van der Waals surface area contributed by atoms with E-state index in [1.165, 1.54) is 57.8 Å². The quantitative estimate of drug-likeness (QED) is 0.323. The Morgan fingerprint density at radius 3 is 1.74 bits per heavy atom. The van der Waals surface area contributed by atoms with Gasteiger partial charge in [-0.25, -0.2) is 0 Å². The number of aliphatic carboxylic acids is 1. The van der Waals surface area contributed by atoms with Crippen LogP contribution in [0.2, 0.25) is 0 Å². The molecule has 0 saturated carbocycles. The Morgan fingerprint density at radius 2 is 1.26 bits per heavy atom. The number of allylic oxidation sites excluding steroid dienone is 2. The average Bonchev–Trinajstić information content (AvgIpc) is 2.39. The van der Waals surface area contributed by atoms with Crippen molar-refractivity contribution in [3.05, 3.63) is 12.2 Å². The van der Waals surface area contributed by atoms with Crippen LogP contribution in [0.3, 0.4) is 0 Å². The first kappa shape index (κ1) is 18.2. The number of unbranched alkanes of at least 4 members (excludes halogenated alkanes) is 10. The fraction of sp³-hybridized carbons (Fsp3) is 0.824. The lowest BCUT2D eigenvalue weighted by atomic mass is 10.1. The highest BCUT2D eigenvalue weighted by atomic mass is 16.4. The molecule has 0 aliphatic rings. The largest absolute Gasteiger partial charge is 0.481 e. The van der Waals surface area contributed by atoms with Gasteiger partial charge in [-0.15, -0.1) is 0 Å². The summed E-state index contributed by atoms with van der Waals surface area (Å²) in [4.78, 5) is 10.3. The maximum Gasteiger partial charge on any atom is 0.303 e. The van der Waals surface area contributed by atoms with Crippen LogP contribution in [0.1, 0.15) is 90.4 Å². The minimum atomic E-state index is -0.659. The Labute approximate surface area is 119 Å². The van der Waals surface area contributed by atoms with Gasteiger partial charge in [0.05, 0.1) is 0 Å². The molecule has 0 rings (SSSR count). The van der Waals surface area contributed by atoms with Gasteiger partial charge < -0.3 is 5.11 Å². The SMILES string of the molecule is CC/C=C\CCCCCCCCCCCCC(=O)O. The molecular formula is C17H32O2. The van der Waals surface area contributed by atoms with Crippen molar-refractivity contribution in [2.45, 2.75) is 90.4 Å². The van der Waals surface area contributed by atoms with E-state index >= 15 is 0 Å². The molecule has 0 amide bonds. The third-order valence-corrected chi connectivity index (χ3v) is 3.41. The summed E-state index contributed by atoms with van der Waals surface area (Å²) in [6.45, 7) is 2.18. The monoisotopic (exact) mass is 268 g/mol. The van der Waals surface area contributed by atoms with Gasteiger partial charge in [-0.3, -0.25) is 4.79 Å². The lowest BCUT2D eigenvalue weighted by Crippen LogP contribution is -1.93. The Bertz CT molecular complexity index is 221. The second kappa shape index (κ2) is 15.3. The predicted octanol–water partition coefficient (Wildman–Crippen LogP) is 5.72. The molecular weight excluding hydrogens is 236 g/mol. The molecule has 0 saturated heterocycles. The van der Waals surface area contributed by atoms with E-state index in [9.17, 15) is 4.79 Å². The highest BCUT2D eigenvalue weighted by Gasteiger charge is 1.96. The van der Waals surface area contributed by atoms with Crippen molar-refractivity contribution in [3.63, 3.8) is 0 Å². The van der Waals surface area contributed by atoms with Crippen LogP contribution < -0.4 is 0 Å². The standard InChI is InChI=1S/C17H32O2/c1-2-3-4-5-6-7-8-9-10-11-12-13-14-15-16-17(18)19/h3-4H,2,5-16H2,1H3,(H,18,19)/b4-3-. The van der Waals surface area contributed by atoms with Gasteiger partial charge in [-0.1, -0.05) is 70.4 Å². The Kier molecular flexibility index (Phi) is 14.6. The first-order valence-electron chi connectivity index (χ1n) is 8.14. The number of hydrogen-bond donors (Lipinski definition) is 1. The second-order valence-electron chi connectivity index (χ2n) is 5.35. The van der Waals surface area contributed by atoms with Gasteiger partial charge in [0.1, 0.15) is 0 Å². The molecule has 0 atom stereocenters. The van der Waals surface area contributed by atoms with Crippen molar-refractivity contribution in [2.24, 2.45) is 0 Å². The van der Waals surface area contributed by atoms with Crippen molar-refractivity contribution >= 4 is 5.97 Å². The molecule has 0 bridgehead atoms. The molecule has 2 heteroatoms. The van der Waals surface area contributed by atoms with Crippen molar-refractivity contribution in [2.75, 3.05) is 0 Å². The molecule has 0 aromatic carbocycles. The minimum absolute atomic E-state index is 0.340. The summed E-state index contributed by atoms with van der Waals surface area (Å²) in [5, 5.41) is 8.50. The van der Waals surface area contributed by atoms with Gasteiger partial charge in [0.2, 0.25) is 0 Å². The highest BCUT2D eigenvalue weighted by Crippen LogP contribution is 2.12. The van der Waals surface area contributed by atoms with Crippen LogP contribution in [0.15, 0.2) is 12.2 Å². The molecule has 0 aromatic rings. The van der Waals surface area contributed by atoms with E-state index in [0.717, 1.165) is 19.3 Å². The van der Waals surface area contributed by atoms with E-state index < -0.39 is 5.97 Å². The average molecular weight is 268 g/mol. The Hall–Kier alpha value is -0.790. The molecule has 2 nitrogen and oxygen atoms in total. The molecule has 0 aliphatic carbocycles. The van der Waals surface area contributed by atoms with Crippen LogP contribution in [0.5, 0.6) is 0 Å². The van der Waals surface area contributed by atoms with E-state index in [2.05, 4.69) is 19.1 Å². The zero-order chi connectivity index (χ0) is 14.2. The third-order valence-electron chi connectivity index (χ3n) is 3.41. The number of hydrogen-bond acceptors (Lipinski definition) is 1. The predicted molar refractivity (Wildman–Crippen MR) is 82.5 cm³/mol. The number of carboxylic acids is 1. The molecule has 1 N–H and O–H groups in total. The van der Waals surface area contributed by atoms with Crippen LogP contribution in [0.25, 0.3) is 0 Å². The van der Waals surface area contributed by atoms with Crippen molar-refractivity contribution < 1.29 is 9.90 Å². The number of carboxylic acid groups (broad SMARTS) is 1. The molecule has 0 aliphatic heterocycles. The van der Waals surface area contributed by atoms with E-state index in [1.54, 1.807) is 0 Å². The molecule has 0 fully saturated rings. The van der Waals surface area contributed by atoms with Crippen molar-refractivity contribution in [3.8, 4) is 0 Å². The van der Waals surface area contributed by atoms with Gasteiger partial charge in [-0.05, 0) is 25.7 Å². The molecule has 0 aromatic heterocycles. The fourth-order valence-corrected chi connectivity index (χ4v) is 2.24. The van der Waals surface area contributed by atoms with Crippen LogP contribution in [0, 0.1) is 0 Å². The Morgan fingerprint density at radius 1 is 0.789 bits per heavy atom. The maximum absolute atomic E-state index is 10.3. The lowest BCUT2D eigenvalue weighted by Gasteiger charge is -2.01. The van der Waals surface area contributed by atoms with Gasteiger partial charge in [0, 0.05) is 6.42 Å². The molecule has 19 heavy (non-hydrogen) atoms. The van der Waals surface area contributed by atoms with Crippen LogP contribution in [-0.4, -0.2) is 11.1 Å². The zero-order valence-electron chi connectivity index (χ0n) is 12.7. The third kappa shape index (κ3) is 17.2. The summed E-state index contributed by atoms with van der Waals surface area (Å²) in [7, 11) is 0. The fourth-order valence-electron chi connectivity index (χ4n) is 2.24. The van der Waals surface area contributed by atoms with Crippen molar-refractivity contribution in [1.29, 1.82) is 0 Å². The van der Waals surface area contributed by atoms with E-state index in [-0.39, 0.29) is 0 Å². The highest BCUT2D eigenvalue weighted by molar-refractivity contribution is 5.66. The normalized spacial score (nSPS) is 11.2. The van der Waals surface area contributed by atoms with Crippen LogP contribution >= 0.6 is 0 Å². The summed E-state index contributed by atoms with van der Waals surface area (Å²) in [5.74, 6) is -0.659. The summed E-state index contributed by atoms with van der Waals surface area (Å²) in [6.07, 6.45) is 19.8. The Balaban J connectivity index is 2.99.